The van der Waals surface area contributed by atoms with E-state index in [-0.39, 0.29) is 5.04 Å². The molecule has 0 aliphatic heterocycles. The SMILES string of the molecule is CC(C)(C1=CC=CC1)[Si]([CH2][Pt])(c1ccccc1)c1ccccc1. The van der Waals surface area contributed by atoms with Gasteiger partial charge >= 0.3 is 152 Å². The van der Waals surface area contributed by atoms with E-state index in [0.29, 0.717) is 0 Å². The van der Waals surface area contributed by atoms with E-state index < -0.39 is 8.07 Å². The van der Waals surface area contributed by atoms with Crippen LogP contribution in [0.3, 0.4) is 0 Å². The van der Waals surface area contributed by atoms with Crippen molar-refractivity contribution in [3.05, 3.63) is 84.5 Å². The molecule has 0 fully saturated rings. The zero-order chi connectivity index (χ0) is 16.3. The van der Waals surface area contributed by atoms with Crippen LogP contribution in [-0.4, -0.2) is 8.07 Å². The van der Waals surface area contributed by atoms with Crippen molar-refractivity contribution >= 4 is 18.4 Å². The molecule has 0 nitrogen and oxygen atoms in total. The molecule has 0 radical (unpaired) electrons. The van der Waals surface area contributed by atoms with Crippen LogP contribution in [0.1, 0.15) is 20.3 Å². The van der Waals surface area contributed by atoms with Gasteiger partial charge in [0.2, 0.25) is 0 Å². The zero-order valence-electron chi connectivity index (χ0n) is 13.7. The third-order valence-electron chi connectivity index (χ3n) is 5.34. The topological polar surface area (TPSA) is 0 Å². The summed E-state index contributed by atoms with van der Waals surface area (Å²) < 4.78 is 1.19. The van der Waals surface area contributed by atoms with Gasteiger partial charge in [0.05, 0.1) is 0 Å². The third-order valence-corrected chi connectivity index (χ3v) is 14.4. The van der Waals surface area contributed by atoms with Crippen LogP contribution in [0.15, 0.2) is 84.5 Å². The summed E-state index contributed by atoms with van der Waals surface area (Å²) in [6.45, 7) is 4.94. The van der Waals surface area contributed by atoms with E-state index >= 15 is 0 Å². The van der Waals surface area contributed by atoms with Crippen LogP contribution >= 0.6 is 0 Å². The van der Waals surface area contributed by atoms with Crippen molar-refractivity contribution in [2.24, 2.45) is 0 Å². The molecule has 23 heavy (non-hydrogen) atoms. The molecule has 1 aliphatic rings. The molecule has 0 spiro atoms. The van der Waals surface area contributed by atoms with E-state index in [0.717, 1.165) is 6.42 Å². The summed E-state index contributed by atoms with van der Waals surface area (Å²) in [7, 11) is -1.93. The molecule has 0 atom stereocenters. The van der Waals surface area contributed by atoms with Crippen LogP contribution in [0.5, 0.6) is 0 Å². The molecule has 0 bridgehead atoms. The van der Waals surface area contributed by atoms with Crippen molar-refractivity contribution < 1.29 is 19.8 Å². The first kappa shape index (κ1) is 16.7. The summed E-state index contributed by atoms with van der Waals surface area (Å²) in [5.74, 6) is 0. The van der Waals surface area contributed by atoms with Gasteiger partial charge in [-0.1, -0.05) is 0 Å². The Morgan fingerprint density at radius 2 is 1.43 bits per heavy atom. The maximum atomic E-state index is 2.62. The van der Waals surface area contributed by atoms with Gasteiger partial charge in [-0.15, -0.1) is 0 Å². The fraction of sp³-hybridized carbons (Fsp3) is 0.238. The van der Waals surface area contributed by atoms with Crippen LogP contribution < -0.4 is 10.4 Å². The van der Waals surface area contributed by atoms with Gasteiger partial charge in [-0.25, -0.2) is 0 Å². The number of hydrogen-bond acceptors (Lipinski definition) is 0. The first-order valence-corrected chi connectivity index (χ1v) is 11.9. The molecule has 0 amide bonds. The maximum absolute atomic E-state index is 2.62. The van der Waals surface area contributed by atoms with Gasteiger partial charge in [0.25, 0.3) is 0 Å². The predicted octanol–water partition coefficient (Wildman–Crippen LogP) is 4.42. The molecule has 121 valence electrons. The molecule has 0 saturated heterocycles. The minimum absolute atomic E-state index is 0.182. The molecule has 2 heteroatoms. The van der Waals surface area contributed by atoms with Gasteiger partial charge in [-0.2, -0.15) is 0 Å². The Morgan fingerprint density at radius 3 is 1.83 bits per heavy atom. The van der Waals surface area contributed by atoms with Gasteiger partial charge in [-0.3, -0.25) is 0 Å². The molecule has 3 rings (SSSR count). The van der Waals surface area contributed by atoms with E-state index in [4.69, 9.17) is 0 Å². The number of benzene rings is 2. The van der Waals surface area contributed by atoms with Crippen molar-refractivity contribution in [3.8, 4) is 0 Å². The van der Waals surface area contributed by atoms with Crippen LogP contribution in [0.4, 0.5) is 0 Å². The fourth-order valence-corrected chi connectivity index (χ4v) is 14.2. The Bertz CT molecular complexity index is 675. The molecular formula is C21H23PtSi. The van der Waals surface area contributed by atoms with Crippen molar-refractivity contribution in [2.45, 2.75) is 29.7 Å². The molecule has 0 N–H and O–H groups in total. The predicted molar refractivity (Wildman–Crippen MR) is 98.6 cm³/mol. The van der Waals surface area contributed by atoms with Crippen molar-refractivity contribution in [2.75, 3.05) is 0 Å². The number of allylic oxidation sites excluding steroid dienone is 4. The Morgan fingerprint density at radius 1 is 0.913 bits per heavy atom. The molecule has 1 aliphatic carbocycles. The van der Waals surface area contributed by atoms with Crippen molar-refractivity contribution in [3.63, 3.8) is 0 Å². The van der Waals surface area contributed by atoms with E-state index in [1.165, 1.54) is 4.43 Å². The average Bonchev–Trinajstić information content (AvgIpc) is 3.13. The fourth-order valence-electron chi connectivity index (χ4n) is 3.79. The standard InChI is InChI=1S/C21H23Si.Pt/c1-21(2,18-12-10-11-13-18)22(3,19-14-6-4-7-15-19)20-16-8-5-9-17-20;/h4-12,14-17H,3,13H2,1-2H3;. The summed E-state index contributed by atoms with van der Waals surface area (Å²) in [4.78, 5) is 0. The van der Waals surface area contributed by atoms with E-state index in [1.807, 2.05) is 0 Å². The van der Waals surface area contributed by atoms with Crippen LogP contribution in [-0.2, 0) is 19.8 Å². The van der Waals surface area contributed by atoms with Crippen molar-refractivity contribution in [1.82, 2.24) is 0 Å². The van der Waals surface area contributed by atoms with Crippen LogP contribution in [0.2, 0.25) is 9.47 Å². The zero-order valence-corrected chi connectivity index (χ0v) is 17.0. The molecule has 0 saturated carbocycles. The van der Waals surface area contributed by atoms with Gasteiger partial charge < -0.3 is 0 Å². The molecule has 2 aromatic carbocycles. The van der Waals surface area contributed by atoms with Gasteiger partial charge in [0.15, 0.2) is 0 Å². The third kappa shape index (κ3) is 2.75. The minimum atomic E-state index is -1.93. The monoisotopic (exact) mass is 498 g/mol. The normalized spacial score (nSPS) is 14.9. The molecule has 0 aromatic heterocycles. The Balaban J connectivity index is 2.25. The van der Waals surface area contributed by atoms with E-state index in [9.17, 15) is 0 Å². The molecule has 0 unspecified atom stereocenters. The van der Waals surface area contributed by atoms with Gasteiger partial charge in [0.1, 0.15) is 0 Å². The molecule has 2 aromatic rings. The summed E-state index contributed by atoms with van der Waals surface area (Å²) in [5.41, 5.74) is 1.58. The Labute approximate surface area is 152 Å². The van der Waals surface area contributed by atoms with Gasteiger partial charge in [-0.05, 0) is 0 Å². The Kier molecular flexibility index (Phi) is 4.89. The number of hydrogen-bond donors (Lipinski definition) is 0. The second-order valence-corrected chi connectivity index (χ2v) is 13.5. The first-order valence-electron chi connectivity index (χ1n) is 8.12. The van der Waals surface area contributed by atoms with Crippen molar-refractivity contribution in [1.29, 1.82) is 0 Å². The summed E-state index contributed by atoms with van der Waals surface area (Å²) in [6, 6.07) is 22.5. The summed E-state index contributed by atoms with van der Waals surface area (Å²) >= 11 is 2.62. The van der Waals surface area contributed by atoms with E-state index in [2.05, 4.69) is 113 Å². The second kappa shape index (κ2) is 6.75. The molecule has 0 heterocycles. The first-order chi connectivity index (χ1) is 11.1. The molecular weight excluding hydrogens is 475 g/mol. The average molecular weight is 499 g/mol. The van der Waals surface area contributed by atoms with Gasteiger partial charge in [0, 0.05) is 0 Å². The Hall–Kier alpha value is -1.17. The summed E-state index contributed by atoms with van der Waals surface area (Å²) in [5, 5.41) is 3.26. The summed E-state index contributed by atoms with van der Waals surface area (Å²) in [6.07, 6.45) is 7.96. The van der Waals surface area contributed by atoms with Crippen LogP contribution in [0.25, 0.3) is 0 Å². The quantitative estimate of drug-likeness (QED) is 0.536. The number of rotatable bonds is 5. The van der Waals surface area contributed by atoms with E-state index in [1.54, 1.807) is 15.9 Å². The second-order valence-electron chi connectivity index (χ2n) is 6.70. The van der Waals surface area contributed by atoms with Crippen LogP contribution in [0, 0.1) is 0 Å².